The molecule has 26 heavy (non-hydrogen) atoms. The standard InChI is InChI=1S/C21H25ClN2O2/c1-4-13-12-23(2)18-11-16(13)20(21(25)26-3)24-17-8-6-5-7-14(17)15(9-10-22)19(18)24/h4-8,16,18,20H,9-12H2,1-3H3/b13-4-/t16-,18-,20-/m0/s1. The van der Waals surface area contributed by atoms with Gasteiger partial charge in [0.05, 0.1) is 13.2 Å². The molecule has 3 heterocycles. The van der Waals surface area contributed by atoms with Crippen molar-refractivity contribution in [2.24, 2.45) is 5.92 Å². The van der Waals surface area contributed by atoms with Crippen LogP contribution in [0.3, 0.4) is 0 Å². The Hall–Kier alpha value is -1.78. The van der Waals surface area contributed by atoms with Gasteiger partial charge in [-0.1, -0.05) is 29.8 Å². The molecule has 1 fully saturated rings. The van der Waals surface area contributed by atoms with E-state index in [4.69, 9.17) is 16.3 Å². The Labute approximate surface area is 159 Å². The van der Waals surface area contributed by atoms with Crippen molar-refractivity contribution in [2.45, 2.75) is 31.8 Å². The molecule has 2 aliphatic rings. The molecule has 2 aliphatic heterocycles. The predicted octanol–water partition coefficient (Wildman–Crippen LogP) is 4.09. The highest BCUT2D eigenvalue weighted by atomic mass is 35.5. The van der Waals surface area contributed by atoms with Gasteiger partial charge in [-0.3, -0.25) is 4.90 Å². The number of ether oxygens (including phenoxy) is 1. The summed E-state index contributed by atoms with van der Waals surface area (Å²) in [5.74, 6) is 0.599. The van der Waals surface area contributed by atoms with E-state index in [2.05, 4.69) is 47.7 Å². The minimum absolute atomic E-state index is 0.156. The fraction of sp³-hybridized carbons (Fsp3) is 0.476. The Morgan fingerprint density at radius 1 is 1.38 bits per heavy atom. The molecule has 0 radical (unpaired) electrons. The van der Waals surface area contributed by atoms with Gasteiger partial charge in [0, 0.05) is 34.9 Å². The van der Waals surface area contributed by atoms with Crippen LogP contribution in [0.15, 0.2) is 35.9 Å². The summed E-state index contributed by atoms with van der Waals surface area (Å²) in [5.41, 5.74) is 4.96. The number of para-hydroxylation sites is 1. The number of benzene rings is 1. The van der Waals surface area contributed by atoms with Gasteiger partial charge in [0.2, 0.25) is 0 Å². The van der Waals surface area contributed by atoms with E-state index in [0.29, 0.717) is 11.9 Å². The van der Waals surface area contributed by atoms with Crippen LogP contribution in [0.2, 0.25) is 0 Å². The Balaban J connectivity index is 2.05. The van der Waals surface area contributed by atoms with Gasteiger partial charge in [-0.15, -0.1) is 11.6 Å². The van der Waals surface area contributed by atoms with Crippen LogP contribution in [0, 0.1) is 5.92 Å². The number of allylic oxidation sites excluding steroid dienone is 1. The number of hydrogen-bond donors (Lipinski definition) is 0. The van der Waals surface area contributed by atoms with Gasteiger partial charge in [0.15, 0.2) is 0 Å². The van der Waals surface area contributed by atoms with E-state index in [1.807, 2.05) is 6.07 Å². The number of carbonyl (C=O) groups excluding carboxylic acids is 1. The van der Waals surface area contributed by atoms with Gasteiger partial charge in [-0.05, 0) is 38.4 Å². The average molecular weight is 373 g/mol. The van der Waals surface area contributed by atoms with Crippen molar-refractivity contribution in [3.8, 4) is 0 Å². The number of likely N-dealkylation sites (tertiary alicyclic amines) is 1. The maximum atomic E-state index is 12.9. The molecule has 0 spiro atoms. The molecule has 3 atom stereocenters. The number of fused-ring (bicyclic) bond motifs is 6. The molecule has 2 aromatic rings. The molecule has 0 aliphatic carbocycles. The van der Waals surface area contributed by atoms with Crippen molar-refractivity contribution < 1.29 is 9.53 Å². The zero-order valence-corrected chi connectivity index (χ0v) is 16.3. The molecule has 138 valence electrons. The molecule has 1 aromatic heterocycles. The van der Waals surface area contributed by atoms with E-state index in [0.717, 1.165) is 24.9 Å². The number of hydrogen-bond acceptors (Lipinski definition) is 3. The molecule has 0 saturated carbocycles. The number of methoxy groups -OCH3 is 1. The number of piperidine rings is 1. The first-order valence-corrected chi connectivity index (χ1v) is 9.76. The van der Waals surface area contributed by atoms with Gasteiger partial charge >= 0.3 is 5.97 Å². The Morgan fingerprint density at radius 2 is 2.15 bits per heavy atom. The monoisotopic (exact) mass is 372 g/mol. The number of esters is 1. The second-order valence-corrected chi connectivity index (χ2v) is 7.67. The molecular formula is C21H25ClN2O2. The van der Waals surface area contributed by atoms with Crippen LogP contribution in [0.25, 0.3) is 10.9 Å². The third kappa shape index (κ3) is 2.43. The number of likely N-dealkylation sites (N-methyl/N-ethyl adjacent to an activating group) is 1. The minimum Gasteiger partial charge on any atom is -0.467 e. The number of halogens is 1. The number of carbonyl (C=O) groups is 1. The third-order valence-corrected chi connectivity index (χ3v) is 6.30. The maximum absolute atomic E-state index is 12.9. The number of aryl methyl sites for hydroxylation is 1. The van der Waals surface area contributed by atoms with Crippen LogP contribution in [0.4, 0.5) is 0 Å². The van der Waals surface area contributed by atoms with Crippen LogP contribution < -0.4 is 0 Å². The van der Waals surface area contributed by atoms with Crippen LogP contribution in [-0.2, 0) is 16.0 Å². The Kier molecular flexibility index (Phi) is 4.57. The molecule has 0 amide bonds. The quantitative estimate of drug-likeness (QED) is 0.462. The molecular weight excluding hydrogens is 348 g/mol. The summed E-state index contributed by atoms with van der Waals surface area (Å²) in [6.45, 7) is 2.96. The SMILES string of the molecule is C/C=C1/CN(C)[C@H]2C[C@@H]1[C@@H](C(=O)OC)n1c2c(CCCl)c2ccccc21. The summed E-state index contributed by atoms with van der Waals surface area (Å²) < 4.78 is 7.50. The van der Waals surface area contributed by atoms with E-state index in [-0.39, 0.29) is 17.9 Å². The lowest BCUT2D eigenvalue weighted by molar-refractivity contribution is -0.147. The van der Waals surface area contributed by atoms with Crippen LogP contribution in [-0.4, -0.2) is 42.0 Å². The van der Waals surface area contributed by atoms with Gasteiger partial charge in [0.1, 0.15) is 6.04 Å². The van der Waals surface area contributed by atoms with Crippen molar-refractivity contribution in [2.75, 3.05) is 26.6 Å². The third-order valence-electron chi connectivity index (χ3n) is 6.11. The molecule has 4 rings (SSSR count). The van der Waals surface area contributed by atoms with Gasteiger partial charge in [0.25, 0.3) is 0 Å². The van der Waals surface area contributed by atoms with Gasteiger partial charge < -0.3 is 9.30 Å². The highest BCUT2D eigenvalue weighted by molar-refractivity contribution is 6.18. The number of alkyl halides is 1. The molecule has 0 unspecified atom stereocenters. The normalized spacial score (nSPS) is 26.9. The van der Waals surface area contributed by atoms with Crippen molar-refractivity contribution in [3.05, 3.63) is 47.2 Å². The molecule has 1 saturated heterocycles. The Bertz CT molecular complexity index is 886. The zero-order chi connectivity index (χ0) is 18.4. The van der Waals surface area contributed by atoms with E-state index in [1.165, 1.54) is 29.3 Å². The van der Waals surface area contributed by atoms with Crippen molar-refractivity contribution in [1.29, 1.82) is 0 Å². The molecule has 4 nitrogen and oxygen atoms in total. The summed E-state index contributed by atoms with van der Waals surface area (Å²) in [6, 6.07) is 8.36. The van der Waals surface area contributed by atoms with Crippen molar-refractivity contribution in [3.63, 3.8) is 0 Å². The number of rotatable bonds is 3. The topological polar surface area (TPSA) is 34.5 Å². The largest absolute Gasteiger partial charge is 0.467 e. The average Bonchev–Trinajstić information content (AvgIpc) is 2.98. The summed E-state index contributed by atoms with van der Waals surface area (Å²) >= 11 is 6.15. The second kappa shape index (κ2) is 6.75. The lowest BCUT2D eigenvalue weighted by Gasteiger charge is -2.47. The van der Waals surface area contributed by atoms with E-state index in [1.54, 1.807) is 0 Å². The first-order valence-electron chi connectivity index (χ1n) is 9.23. The number of aromatic nitrogens is 1. The van der Waals surface area contributed by atoms with E-state index in [9.17, 15) is 4.79 Å². The summed E-state index contributed by atoms with van der Waals surface area (Å²) in [7, 11) is 3.67. The van der Waals surface area contributed by atoms with Crippen LogP contribution in [0.1, 0.15) is 36.7 Å². The molecule has 5 heteroatoms. The van der Waals surface area contributed by atoms with Crippen LogP contribution >= 0.6 is 11.6 Å². The van der Waals surface area contributed by atoms with Gasteiger partial charge in [-0.2, -0.15) is 0 Å². The molecule has 0 N–H and O–H groups in total. The highest BCUT2D eigenvalue weighted by Crippen LogP contribution is 2.51. The molecule has 2 bridgehead atoms. The molecule has 1 aromatic carbocycles. The lowest BCUT2D eigenvalue weighted by Crippen LogP contribution is -2.46. The fourth-order valence-electron chi connectivity index (χ4n) is 4.99. The minimum atomic E-state index is -0.305. The second-order valence-electron chi connectivity index (χ2n) is 7.29. The van der Waals surface area contributed by atoms with Crippen LogP contribution in [0.5, 0.6) is 0 Å². The first-order chi connectivity index (χ1) is 12.6. The fourth-order valence-corrected chi connectivity index (χ4v) is 5.17. The first kappa shape index (κ1) is 17.6. The Morgan fingerprint density at radius 3 is 2.85 bits per heavy atom. The number of nitrogens with zero attached hydrogens (tertiary/aromatic N) is 2. The predicted molar refractivity (Wildman–Crippen MR) is 105 cm³/mol. The highest BCUT2D eigenvalue weighted by Gasteiger charge is 2.47. The van der Waals surface area contributed by atoms with E-state index >= 15 is 0 Å². The maximum Gasteiger partial charge on any atom is 0.329 e. The summed E-state index contributed by atoms with van der Waals surface area (Å²) in [6.07, 6.45) is 3.93. The smallest absolute Gasteiger partial charge is 0.329 e. The van der Waals surface area contributed by atoms with Crippen molar-refractivity contribution >= 4 is 28.5 Å². The summed E-state index contributed by atoms with van der Waals surface area (Å²) in [4.78, 5) is 15.3. The van der Waals surface area contributed by atoms with E-state index < -0.39 is 0 Å². The van der Waals surface area contributed by atoms with Gasteiger partial charge in [-0.25, -0.2) is 4.79 Å². The zero-order valence-electron chi connectivity index (χ0n) is 15.5. The lowest BCUT2D eigenvalue weighted by atomic mass is 9.76. The van der Waals surface area contributed by atoms with Crippen molar-refractivity contribution in [1.82, 2.24) is 9.47 Å². The summed E-state index contributed by atoms with van der Waals surface area (Å²) in [5, 5.41) is 1.21.